The van der Waals surface area contributed by atoms with E-state index < -0.39 is 0 Å². The maximum absolute atomic E-state index is 9.47. The molecule has 4 rings (SSSR count). The van der Waals surface area contributed by atoms with Crippen LogP contribution in [0, 0.1) is 11.3 Å². The van der Waals surface area contributed by atoms with Crippen molar-refractivity contribution in [2.24, 2.45) is 10.2 Å². The van der Waals surface area contributed by atoms with Gasteiger partial charge in [-0.3, -0.25) is 0 Å². The Labute approximate surface area is 163 Å². The van der Waals surface area contributed by atoms with Gasteiger partial charge < -0.3 is 4.74 Å². The van der Waals surface area contributed by atoms with Crippen molar-refractivity contribution in [2.75, 3.05) is 0 Å². The fourth-order valence-corrected chi connectivity index (χ4v) is 4.32. The molecule has 136 valence electrons. The first-order valence-corrected chi connectivity index (χ1v) is 9.88. The third-order valence-electron chi connectivity index (χ3n) is 4.58. The summed E-state index contributed by atoms with van der Waals surface area (Å²) < 4.78 is 5.71. The molecule has 2 aliphatic rings. The fraction of sp³-hybridized carbons (Fsp3) is 0.286. The summed E-state index contributed by atoms with van der Waals surface area (Å²) in [6.45, 7) is 3.89. The molecule has 0 spiro atoms. The highest BCUT2D eigenvalue weighted by atomic mass is 32.2. The molecule has 6 heteroatoms. The van der Waals surface area contributed by atoms with E-state index in [0.29, 0.717) is 11.3 Å². The minimum atomic E-state index is 0.0184. The SMILES string of the molecule is CC(C)Oc1ccc(C2=NNN=C(c3cccc4c3CCC4)S2)cc1C#N. The van der Waals surface area contributed by atoms with Crippen molar-refractivity contribution in [3.8, 4) is 11.8 Å². The van der Waals surface area contributed by atoms with Gasteiger partial charge in [0.15, 0.2) is 0 Å². The molecule has 1 N–H and O–H groups in total. The van der Waals surface area contributed by atoms with Gasteiger partial charge in [0.05, 0.1) is 11.7 Å². The Morgan fingerprint density at radius 1 is 1.15 bits per heavy atom. The standard InChI is InChI=1S/C21H20N4OS/c1-13(2)26-19-10-9-15(11-16(19)12-22)20-23-25-24-21(27-20)18-8-4-6-14-5-3-7-17(14)18/h4,6,8-11,13,25H,3,5,7H2,1-2H3. The molecule has 0 bridgehead atoms. The van der Waals surface area contributed by atoms with Crippen LogP contribution in [0.2, 0.25) is 0 Å². The van der Waals surface area contributed by atoms with Crippen LogP contribution in [0.5, 0.6) is 5.75 Å². The van der Waals surface area contributed by atoms with Crippen LogP contribution in [0.25, 0.3) is 0 Å². The number of nitriles is 1. The van der Waals surface area contributed by atoms with Crippen molar-refractivity contribution in [3.63, 3.8) is 0 Å². The molecule has 5 nitrogen and oxygen atoms in total. The highest BCUT2D eigenvalue weighted by Gasteiger charge is 2.22. The molecule has 2 aromatic rings. The first-order chi connectivity index (χ1) is 13.2. The van der Waals surface area contributed by atoms with E-state index in [2.05, 4.69) is 40.0 Å². The molecule has 0 saturated carbocycles. The van der Waals surface area contributed by atoms with Gasteiger partial charge >= 0.3 is 0 Å². The molecule has 27 heavy (non-hydrogen) atoms. The van der Waals surface area contributed by atoms with Gasteiger partial charge in [-0.25, -0.2) is 0 Å². The van der Waals surface area contributed by atoms with Crippen LogP contribution in [0.4, 0.5) is 0 Å². The summed E-state index contributed by atoms with van der Waals surface area (Å²) in [6.07, 6.45) is 3.45. The second-order valence-electron chi connectivity index (χ2n) is 6.82. The number of benzene rings is 2. The van der Waals surface area contributed by atoms with Gasteiger partial charge in [0.1, 0.15) is 21.9 Å². The first-order valence-electron chi connectivity index (χ1n) is 9.06. The van der Waals surface area contributed by atoms with Gasteiger partial charge in [-0.2, -0.15) is 21.0 Å². The van der Waals surface area contributed by atoms with Crippen LogP contribution in [-0.2, 0) is 12.8 Å². The number of fused-ring (bicyclic) bond motifs is 1. The minimum Gasteiger partial charge on any atom is -0.490 e. The minimum absolute atomic E-state index is 0.0184. The zero-order valence-corrected chi connectivity index (χ0v) is 16.1. The Hall–Kier alpha value is -2.78. The normalized spacial score (nSPS) is 15.5. The molecule has 0 amide bonds. The Bertz CT molecular complexity index is 988. The summed E-state index contributed by atoms with van der Waals surface area (Å²) in [5.74, 6) is 0.598. The van der Waals surface area contributed by atoms with Gasteiger partial charge in [-0.05, 0) is 74.2 Å². The topological polar surface area (TPSA) is 69.8 Å². The van der Waals surface area contributed by atoms with Crippen molar-refractivity contribution in [1.82, 2.24) is 5.53 Å². The quantitative estimate of drug-likeness (QED) is 0.868. The Morgan fingerprint density at radius 3 is 2.81 bits per heavy atom. The van der Waals surface area contributed by atoms with Gasteiger partial charge in [-0.15, -0.1) is 0 Å². The summed E-state index contributed by atoms with van der Waals surface area (Å²) in [4.78, 5) is 0. The van der Waals surface area contributed by atoms with Crippen LogP contribution in [0.1, 0.15) is 48.1 Å². The van der Waals surface area contributed by atoms with Crippen LogP contribution in [0.3, 0.4) is 0 Å². The van der Waals surface area contributed by atoms with Crippen LogP contribution in [0.15, 0.2) is 46.6 Å². The molecular formula is C21H20N4OS. The van der Waals surface area contributed by atoms with E-state index in [1.807, 2.05) is 32.0 Å². The number of rotatable bonds is 4. The Morgan fingerprint density at radius 2 is 2.00 bits per heavy atom. The molecule has 0 radical (unpaired) electrons. The van der Waals surface area contributed by atoms with E-state index in [1.165, 1.54) is 34.9 Å². The third kappa shape index (κ3) is 3.56. The zero-order valence-electron chi connectivity index (χ0n) is 15.3. The van der Waals surface area contributed by atoms with E-state index in [4.69, 9.17) is 4.74 Å². The summed E-state index contributed by atoms with van der Waals surface area (Å²) in [6, 6.07) is 14.2. The number of hydrogen-bond acceptors (Lipinski definition) is 6. The summed E-state index contributed by atoms with van der Waals surface area (Å²) >= 11 is 1.53. The smallest absolute Gasteiger partial charge is 0.137 e. The van der Waals surface area contributed by atoms with Crippen molar-refractivity contribution in [3.05, 3.63) is 64.2 Å². The lowest BCUT2D eigenvalue weighted by atomic mass is 10.0. The second-order valence-corrected chi connectivity index (χ2v) is 7.80. The lowest BCUT2D eigenvalue weighted by Crippen LogP contribution is -2.17. The zero-order chi connectivity index (χ0) is 18.8. The molecule has 1 heterocycles. The van der Waals surface area contributed by atoms with Crippen molar-refractivity contribution in [2.45, 2.75) is 39.2 Å². The largest absolute Gasteiger partial charge is 0.490 e. The molecule has 0 atom stereocenters. The van der Waals surface area contributed by atoms with Gasteiger partial charge in [0, 0.05) is 11.1 Å². The van der Waals surface area contributed by atoms with E-state index >= 15 is 0 Å². The van der Waals surface area contributed by atoms with Crippen molar-refractivity contribution in [1.29, 1.82) is 5.26 Å². The van der Waals surface area contributed by atoms with E-state index in [1.54, 1.807) is 0 Å². The number of aryl methyl sites for hydroxylation is 1. The monoisotopic (exact) mass is 376 g/mol. The molecule has 2 aromatic carbocycles. The summed E-state index contributed by atoms with van der Waals surface area (Å²) in [5, 5.41) is 19.9. The van der Waals surface area contributed by atoms with Crippen LogP contribution >= 0.6 is 11.8 Å². The maximum Gasteiger partial charge on any atom is 0.137 e. The van der Waals surface area contributed by atoms with Crippen LogP contribution in [-0.4, -0.2) is 16.2 Å². The first kappa shape index (κ1) is 17.6. The van der Waals surface area contributed by atoms with E-state index in [9.17, 15) is 5.26 Å². The highest BCUT2D eigenvalue weighted by molar-refractivity contribution is 8.27. The molecule has 0 fully saturated rings. The number of thioether (sulfide) groups is 1. The molecule has 1 aliphatic heterocycles. The average molecular weight is 376 g/mol. The summed E-state index contributed by atoms with van der Waals surface area (Å²) in [7, 11) is 0. The molecule has 1 aliphatic carbocycles. The Balaban J connectivity index is 1.61. The van der Waals surface area contributed by atoms with Crippen LogP contribution < -0.4 is 10.3 Å². The number of nitrogens with zero attached hydrogens (tertiary/aromatic N) is 3. The van der Waals surface area contributed by atoms with E-state index in [0.717, 1.165) is 28.5 Å². The van der Waals surface area contributed by atoms with Gasteiger partial charge in [-0.1, -0.05) is 18.2 Å². The second kappa shape index (κ2) is 7.45. The number of hydrazone groups is 2. The number of nitrogens with one attached hydrogen (secondary N) is 1. The molecule has 0 saturated heterocycles. The predicted molar refractivity (Wildman–Crippen MR) is 109 cm³/mol. The van der Waals surface area contributed by atoms with Gasteiger partial charge in [0.25, 0.3) is 0 Å². The predicted octanol–water partition coefficient (Wildman–Crippen LogP) is 4.19. The molecule has 0 aromatic heterocycles. The fourth-order valence-electron chi connectivity index (χ4n) is 3.42. The number of hydrogen-bond donors (Lipinski definition) is 1. The summed E-state index contributed by atoms with van der Waals surface area (Å²) in [5.41, 5.74) is 8.17. The van der Waals surface area contributed by atoms with Crippen molar-refractivity contribution >= 4 is 21.8 Å². The molecular weight excluding hydrogens is 356 g/mol. The Kier molecular flexibility index (Phi) is 4.87. The van der Waals surface area contributed by atoms with Gasteiger partial charge in [0.2, 0.25) is 0 Å². The molecule has 0 unspecified atom stereocenters. The highest BCUT2D eigenvalue weighted by Crippen LogP contribution is 2.31. The third-order valence-corrected chi connectivity index (χ3v) is 5.61. The number of ether oxygens (including phenoxy) is 1. The van der Waals surface area contributed by atoms with Crippen molar-refractivity contribution < 1.29 is 4.74 Å². The average Bonchev–Trinajstić information content (AvgIpc) is 3.17. The lowest BCUT2D eigenvalue weighted by molar-refractivity contribution is 0.241. The maximum atomic E-state index is 9.47. The lowest BCUT2D eigenvalue weighted by Gasteiger charge is -2.17. The van der Waals surface area contributed by atoms with E-state index in [-0.39, 0.29) is 6.10 Å².